The van der Waals surface area contributed by atoms with Crippen molar-refractivity contribution in [3.8, 4) is 28.4 Å². The van der Waals surface area contributed by atoms with Crippen molar-refractivity contribution in [1.82, 2.24) is 20.8 Å². The van der Waals surface area contributed by atoms with Gasteiger partial charge in [0.25, 0.3) is 0 Å². The van der Waals surface area contributed by atoms with Gasteiger partial charge in [0.05, 0.1) is 39.6 Å². The van der Waals surface area contributed by atoms with Gasteiger partial charge in [-0.2, -0.15) is 4.98 Å². The lowest BCUT2D eigenvalue weighted by Gasteiger charge is -2.23. The lowest BCUT2D eigenvalue weighted by atomic mass is 9.95. The van der Waals surface area contributed by atoms with Crippen LogP contribution in [0.15, 0.2) is 33.6 Å². The maximum Gasteiger partial charge on any atom is 0.246 e. The van der Waals surface area contributed by atoms with E-state index < -0.39 is 12.1 Å². The van der Waals surface area contributed by atoms with Crippen LogP contribution >= 0.6 is 0 Å². The maximum absolute atomic E-state index is 13.8. The Kier molecular flexibility index (Phi) is 9.89. The van der Waals surface area contributed by atoms with Crippen LogP contribution in [-0.2, 0) is 22.6 Å². The highest BCUT2D eigenvalue weighted by Crippen LogP contribution is 2.50. The molecule has 0 aliphatic heterocycles. The number of nitrogens with zero attached hydrogens (tertiary/aromatic N) is 2. The Morgan fingerprint density at radius 2 is 1.86 bits per heavy atom. The number of aromatic nitrogens is 2. The molecule has 230 valence electrons. The minimum absolute atomic E-state index is 0.0651. The van der Waals surface area contributed by atoms with Gasteiger partial charge < -0.3 is 34.7 Å². The van der Waals surface area contributed by atoms with Gasteiger partial charge in [0.2, 0.25) is 28.9 Å². The zero-order valence-electron chi connectivity index (χ0n) is 25.6. The summed E-state index contributed by atoms with van der Waals surface area (Å²) in [5.74, 6) is 1.52. The lowest BCUT2D eigenvalue weighted by Crippen LogP contribution is -2.44. The second-order valence-corrected chi connectivity index (χ2v) is 10.6. The van der Waals surface area contributed by atoms with Crippen LogP contribution < -0.4 is 35.6 Å². The van der Waals surface area contributed by atoms with Crippen LogP contribution in [0.1, 0.15) is 62.5 Å². The number of carbonyl (C=O) groups is 2. The number of anilines is 1. The number of ether oxygens (including phenoxy) is 3. The number of hydrogen-bond acceptors (Lipinski definition) is 10. The molecule has 4 rings (SSSR count). The van der Waals surface area contributed by atoms with E-state index in [0.29, 0.717) is 53.5 Å². The van der Waals surface area contributed by atoms with Gasteiger partial charge >= 0.3 is 0 Å². The Hall–Kier alpha value is -4.61. The first kappa shape index (κ1) is 31.3. The average Bonchev–Trinajstić information content (AvgIpc) is 3.27. The summed E-state index contributed by atoms with van der Waals surface area (Å²) in [6.07, 6.45) is 1.81. The van der Waals surface area contributed by atoms with Crippen molar-refractivity contribution in [3.05, 3.63) is 57.3 Å². The van der Waals surface area contributed by atoms with Gasteiger partial charge in [-0.1, -0.05) is 31.5 Å². The Bertz CT molecular complexity index is 1550. The van der Waals surface area contributed by atoms with E-state index in [1.807, 2.05) is 26.0 Å². The number of hydrogen-bond donors (Lipinski definition) is 3. The topological polar surface area (TPSA) is 154 Å². The van der Waals surface area contributed by atoms with Crippen molar-refractivity contribution in [2.75, 3.05) is 26.6 Å². The van der Waals surface area contributed by atoms with Gasteiger partial charge in [0.1, 0.15) is 6.04 Å². The first-order valence-electron chi connectivity index (χ1n) is 14.2. The smallest absolute Gasteiger partial charge is 0.246 e. The molecule has 3 N–H and O–H groups in total. The number of carbonyl (C=O) groups excluding carboxylic acids is 2. The molecule has 43 heavy (non-hydrogen) atoms. The van der Waals surface area contributed by atoms with Crippen LogP contribution in [0, 0.1) is 12.8 Å². The number of fused-ring (bicyclic) bond motifs is 3. The minimum Gasteiger partial charge on any atom is -0.493 e. The van der Waals surface area contributed by atoms with Gasteiger partial charge in [-0.3, -0.25) is 14.4 Å². The number of methoxy groups -OCH3 is 3. The molecule has 0 saturated heterocycles. The van der Waals surface area contributed by atoms with E-state index >= 15 is 0 Å². The largest absolute Gasteiger partial charge is 0.493 e. The van der Waals surface area contributed by atoms with Crippen molar-refractivity contribution < 1.29 is 28.3 Å². The summed E-state index contributed by atoms with van der Waals surface area (Å²) >= 11 is 0. The molecule has 0 bridgehead atoms. The first-order chi connectivity index (χ1) is 20.6. The van der Waals surface area contributed by atoms with E-state index in [9.17, 15) is 14.4 Å². The molecule has 3 atom stereocenters. The van der Waals surface area contributed by atoms with Gasteiger partial charge in [-0.05, 0) is 60.6 Å². The van der Waals surface area contributed by atoms with Crippen molar-refractivity contribution in [1.29, 1.82) is 0 Å². The summed E-state index contributed by atoms with van der Waals surface area (Å²) in [4.78, 5) is 43.4. The van der Waals surface area contributed by atoms with Crippen LogP contribution in [0.3, 0.4) is 0 Å². The fourth-order valence-electron chi connectivity index (χ4n) is 5.38. The monoisotopic (exact) mass is 593 g/mol. The quantitative estimate of drug-likeness (QED) is 0.300. The summed E-state index contributed by atoms with van der Waals surface area (Å²) < 4.78 is 22.2. The second kappa shape index (κ2) is 13.6. The van der Waals surface area contributed by atoms with Crippen LogP contribution in [0.4, 0.5) is 5.69 Å². The van der Waals surface area contributed by atoms with E-state index in [0.717, 1.165) is 11.1 Å². The third-order valence-corrected chi connectivity index (χ3v) is 7.71. The number of amides is 2. The fourth-order valence-corrected chi connectivity index (χ4v) is 5.38. The van der Waals surface area contributed by atoms with Crippen molar-refractivity contribution in [2.45, 2.75) is 65.6 Å². The Balaban J connectivity index is 1.82. The number of nitrogens with one attached hydrogen (secondary N) is 3. The second-order valence-electron chi connectivity index (χ2n) is 10.6. The van der Waals surface area contributed by atoms with E-state index in [4.69, 9.17) is 18.7 Å². The molecule has 1 aliphatic carbocycles. The molecule has 12 nitrogen and oxygen atoms in total. The standard InChI is InChI=1S/C31H39N5O7/c1-8-16(2)28(31(39)32-15-26-33-17(3)36-43-26)35-23-12-10-20-21(14-24(23)38)22(34-18(4)37)11-9-19-13-25(40-5)29(41-6)30(42-7)27(19)20/h10,12-14,16,22,28H,8-9,11,15H2,1-7H3,(H,32,39)(H,34,37)(H,35,38). The Labute approximate surface area is 250 Å². The lowest BCUT2D eigenvalue weighted by molar-refractivity contribution is -0.123. The van der Waals surface area contributed by atoms with Gasteiger partial charge in [-0.15, -0.1) is 0 Å². The van der Waals surface area contributed by atoms with Gasteiger partial charge in [0, 0.05) is 12.5 Å². The summed E-state index contributed by atoms with van der Waals surface area (Å²) in [6, 6.07) is 5.74. The highest BCUT2D eigenvalue weighted by Gasteiger charge is 2.30. The van der Waals surface area contributed by atoms with Crippen LogP contribution in [0.25, 0.3) is 11.1 Å². The number of rotatable bonds is 11. The van der Waals surface area contributed by atoms with Crippen molar-refractivity contribution >= 4 is 17.5 Å². The van der Waals surface area contributed by atoms with E-state index in [1.165, 1.54) is 20.1 Å². The molecule has 1 aromatic heterocycles. The fraction of sp³-hybridized carbons (Fsp3) is 0.452. The van der Waals surface area contributed by atoms with Gasteiger partial charge in [-0.25, -0.2) is 0 Å². The first-order valence-corrected chi connectivity index (χ1v) is 14.2. The molecule has 0 fully saturated rings. The third-order valence-electron chi connectivity index (χ3n) is 7.71. The Morgan fingerprint density at radius 1 is 1.12 bits per heavy atom. The summed E-state index contributed by atoms with van der Waals surface area (Å²) in [7, 11) is 4.64. The highest BCUT2D eigenvalue weighted by molar-refractivity contribution is 5.86. The zero-order valence-corrected chi connectivity index (χ0v) is 25.6. The van der Waals surface area contributed by atoms with Crippen LogP contribution in [0.2, 0.25) is 0 Å². The number of aryl methyl sites for hydroxylation is 2. The van der Waals surface area contributed by atoms with Crippen LogP contribution in [0.5, 0.6) is 17.2 Å². The third kappa shape index (κ3) is 6.73. The van der Waals surface area contributed by atoms with Gasteiger partial charge in [0.15, 0.2) is 17.3 Å². The molecule has 3 unspecified atom stereocenters. The molecule has 1 aliphatic rings. The predicted octanol–water partition coefficient (Wildman–Crippen LogP) is 3.70. The van der Waals surface area contributed by atoms with E-state index in [-0.39, 0.29) is 41.3 Å². The Morgan fingerprint density at radius 3 is 2.47 bits per heavy atom. The van der Waals surface area contributed by atoms with Crippen LogP contribution in [-0.4, -0.2) is 49.3 Å². The molecule has 3 aromatic rings. The maximum atomic E-state index is 13.8. The molecule has 1 heterocycles. The van der Waals surface area contributed by atoms with E-state index in [2.05, 4.69) is 26.1 Å². The minimum atomic E-state index is -0.721. The average molecular weight is 594 g/mol. The molecule has 0 radical (unpaired) electrons. The summed E-state index contributed by atoms with van der Waals surface area (Å²) in [6.45, 7) is 7.12. The number of benzene rings is 1. The summed E-state index contributed by atoms with van der Waals surface area (Å²) in [5.41, 5.74) is 2.91. The molecule has 2 aromatic carbocycles. The van der Waals surface area contributed by atoms with Crippen molar-refractivity contribution in [3.63, 3.8) is 0 Å². The molecule has 2 amide bonds. The zero-order chi connectivity index (χ0) is 31.3. The normalized spacial score (nSPS) is 15.2. The predicted molar refractivity (Wildman–Crippen MR) is 160 cm³/mol. The molecular weight excluding hydrogens is 554 g/mol. The highest BCUT2D eigenvalue weighted by atomic mass is 16.5. The molecule has 0 spiro atoms. The van der Waals surface area contributed by atoms with E-state index in [1.54, 1.807) is 27.2 Å². The molecular formula is C31H39N5O7. The molecule has 0 saturated carbocycles. The SMILES string of the molecule is CCC(C)C(Nc1ccc2c(cc1=O)C(NC(C)=O)CCc1cc(OC)c(OC)c(OC)c1-2)C(=O)NCc1nc(C)no1. The summed E-state index contributed by atoms with van der Waals surface area (Å²) in [5, 5.41) is 12.8. The molecule has 12 heteroatoms. The van der Waals surface area contributed by atoms with Crippen molar-refractivity contribution in [2.24, 2.45) is 5.92 Å².